The molecule has 0 saturated heterocycles. The van der Waals surface area contributed by atoms with Crippen molar-refractivity contribution in [2.24, 2.45) is 0 Å². The predicted octanol–water partition coefficient (Wildman–Crippen LogP) is 2.98. The summed E-state index contributed by atoms with van der Waals surface area (Å²) in [6.07, 6.45) is 0.321. The molecule has 1 aromatic carbocycles. The van der Waals surface area contributed by atoms with Crippen LogP contribution < -0.4 is 5.32 Å². The van der Waals surface area contributed by atoms with Gasteiger partial charge >= 0.3 is 0 Å². The third kappa shape index (κ3) is 3.67. The molecule has 1 atom stereocenters. The number of aryl methyl sites for hydroxylation is 1. The molecule has 0 saturated carbocycles. The number of rotatable bonds is 4. The standard InChI is InChI=1S/C15H14N2OS/c1-11-4-6-12(7-5-11)14(10-16)17-15(18)9-13-3-2-8-19-13/h2-8,14H,9H2,1H3,(H,17,18). The number of nitriles is 1. The van der Waals surface area contributed by atoms with Gasteiger partial charge in [0.05, 0.1) is 12.5 Å². The fraction of sp³-hybridized carbons (Fsp3) is 0.200. The maximum absolute atomic E-state index is 11.9. The van der Waals surface area contributed by atoms with E-state index in [0.717, 1.165) is 16.0 Å². The van der Waals surface area contributed by atoms with E-state index in [2.05, 4.69) is 11.4 Å². The Morgan fingerprint density at radius 1 is 1.37 bits per heavy atom. The van der Waals surface area contributed by atoms with Crippen LogP contribution in [0.15, 0.2) is 41.8 Å². The van der Waals surface area contributed by atoms with Gasteiger partial charge in [-0.15, -0.1) is 11.3 Å². The second-order valence-corrected chi connectivity index (χ2v) is 5.33. The van der Waals surface area contributed by atoms with Crippen molar-refractivity contribution in [2.75, 3.05) is 0 Å². The van der Waals surface area contributed by atoms with Crippen molar-refractivity contribution in [1.29, 1.82) is 5.26 Å². The Morgan fingerprint density at radius 2 is 2.11 bits per heavy atom. The van der Waals surface area contributed by atoms with Crippen LogP contribution in [-0.2, 0) is 11.2 Å². The number of amides is 1. The SMILES string of the molecule is Cc1ccc(C(C#N)NC(=O)Cc2cccs2)cc1. The zero-order valence-electron chi connectivity index (χ0n) is 10.6. The van der Waals surface area contributed by atoms with Crippen molar-refractivity contribution < 1.29 is 4.79 Å². The third-order valence-electron chi connectivity index (χ3n) is 2.76. The van der Waals surface area contributed by atoms with E-state index in [4.69, 9.17) is 5.26 Å². The minimum atomic E-state index is -0.590. The fourth-order valence-electron chi connectivity index (χ4n) is 1.73. The van der Waals surface area contributed by atoms with Crippen LogP contribution in [0.25, 0.3) is 0 Å². The summed E-state index contributed by atoms with van der Waals surface area (Å²) < 4.78 is 0. The summed E-state index contributed by atoms with van der Waals surface area (Å²) in [5.74, 6) is -0.130. The second kappa shape index (κ2) is 6.17. The quantitative estimate of drug-likeness (QED) is 0.928. The minimum Gasteiger partial charge on any atom is -0.336 e. The van der Waals surface area contributed by atoms with Gasteiger partial charge in [-0.1, -0.05) is 35.9 Å². The van der Waals surface area contributed by atoms with E-state index in [1.165, 1.54) is 11.3 Å². The molecule has 1 unspecified atom stereocenters. The first-order valence-corrected chi connectivity index (χ1v) is 6.85. The molecule has 96 valence electrons. The number of nitrogens with one attached hydrogen (secondary N) is 1. The van der Waals surface area contributed by atoms with E-state index in [9.17, 15) is 4.79 Å². The highest BCUT2D eigenvalue weighted by molar-refractivity contribution is 7.10. The van der Waals surface area contributed by atoms with Gasteiger partial charge in [0.1, 0.15) is 6.04 Å². The van der Waals surface area contributed by atoms with Crippen LogP contribution in [-0.4, -0.2) is 5.91 Å². The van der Waals surface area contributed by atoms with Gasteiger partial charge in [0.2, 0.25) is 5.91 Å². The zero-order chi connectivity index (χ0) is 13.7. The largest absolute Gasteiger partial charge is 0.336 e. The third-order valence-corrected chi connectivity index (χ3v) is 3.64. The lowest BCUT2D eigenvalue weighted by molar-refractivity contribution is -0.120. The smallest absolute Gasteiger partial charge is 0.226 e. The van der Waals surface area contributed by atoms with Crippen molar-refractivity contribution in [3.05, 3.63) is 57.8 Å². The number of hydrogen-bond acceptors (Lipinski definition) is 3. The highest BCUT2D eigenvalue weighted by atomic mass is 32.1. The van der Waals surface area contributed by atoms with Gasteiger partial charge in [0.15, 0.2) is 0 Å². The summed E-state index contributed by atoms with van der Waals surface area (Å²) in [6, 6.07) is 13.0. The minimum absolute atomic E-state index is 0.130. The van der Waals surface area contributed by atoms with Crippen LogP contribution in [0.3, 0.4) is 0 Å². The Hall–Kier alpha value is -2.12. The van der Waals surface area contributed by atoms with Crippen LogP contribution in [0.4, 0.5) is 0 Å². The van der Waals surface area contributed by atoms with E-state index in [1.54, 1.807) is 0 Å². The second-order valence-electron chi connectivity index (χ2n) is 4.30. The molecule has 2 rings (SSSR count). The Kier molecular flexibility index (Phi) is 4.32. The van der Waals surface area contributed by atoms with Crippen molar-refractivity contribution in [3.63, 3.8) is 0 Å². The van der Waals surface area contributed by atoms with E-state index in [1.807, 2.05) is 48.7 Å². The summed E-state index contributed by atoms with van der Waals surface area (Å²) in [5.41, 5.74) is 1.94. The van der Waals surface area contributed by atoms with Crippen LogP contribution in [0.5, 0.6) is 0 Å². The highest BCUT2D eigenvalue weighted by Gasteiger charge is 2.14. The van der Waals surface area contributed by atoms with E-state index >= 15 is 0 Å². The van der Waals surface area contributed by atoms with Crippen LogP contribution in [0.1, 0.15) is 22.0 Å². The lowest BCUT2D eigenvalue weighted by Crippen LogP contribution is -2.28. The Balaban J connectivity index is 2.01. The summed E-state index contributed by atoms with van der Waals surface area (Å²) >= 11 is 1.54. The highest BCUT2D eigenvalue weighted by Crippen LogP contribution is 2.14. The van der Waals surface area contributed by atoms with Gasteiger partial charge < -0.3 is 5.32 Å². The van der Waals surface area contributed by atoms with Crippen molar-refractivity contribution in [1.82, 2.24) is 5.32 Å². The number of benzene rings is 1. The number of hydrogen-bond donors (Lipinski definition) is 1. The first-order chi connectivity index (χ1) is 9.19. The van der Waals surface area contributed by atoms with Crippen LogP contribution in [0, 0.1) is 18.3 Å². The predicted molar refractivity (Wildman–Crippen MR) is 75.7 cm³/mol. The molecule has 4 heteroatoms. The number of thiophene rings is 1. The van der Waals surface area contributed by atoms with Gasteiger partial charge in [0, 0.05) is 4.88 Å². The van der Waals surface area contributed by atoms with Gasteiger partial charge in [-0.3, -0.25) is 4.79 Å². The molecule has 1 heterocycles. The molecule has 0 aliphatic carbocycles. The maximum Gasteiger partial charge on any atom is 0.226 e. The van der Waals surface area contributed by atoms with E-state index < -0.39 is 6.04 Å². The first-order valence-electron chi connectivity index (χ1n) is 5.97. The molecule has 0 aliphatic heterocycles. The van der Waals surface area contributed by atoms with Gasteiger partial charge in [-0.05, 0) is 23.9 Å². The molecule has 3 nitrogen and oxygen atoms in total. The molecule has 0 aliphatic rings. The summed E-state index contributed by atoms with van der Waals surface area (Å²) in [6.45, 7) is 1.99. The van der Waals surface area contributed by atoms with Crippen molar-refractivity contribution in [2.45, 2.75) is 19.4 Å². The van der Waals surface area contributed by atoms with Crippen molar-refractivity contribution in [3.8, 4) is 6.07 Å². The molecule has 0 radical (unpaired) electrons. The first kappa shape index (κ1) is 13.3. The molecule has 0 fully saturated rings. The molecule has 19 heavy (non-hydrogen) atoms. The molecule has 1 aromatic heterocycles. The van der Waals surface area contributed by atoms with Gasteiger partial charge in [-0.25, -0.2) is 0 Å². The monoisotopic (exact) mass is 270 g/mol. The number of carbonyl (C=O) groups is 1. The molecule has 2 aromatic rings. The summed E-state index contributed by atoms with van der Waals surface area (Å²) in [5, 5.41) is 13.8. The molecule has 0 spiro atoms. The van der Waals surface area contributed by atoms with Gasteiger partial charge in [-0.2, -0.15) is 5.26 Å². The molecular formula is C15H14N2OS. The maximum atomic E-state index is 11.9. The fourth-order valence-corrected chi connectivity index (χ4v) is 2.44. The van der Waals surface area contributed by atoms with E-state index in [-0.39, 0.29) is 5.91 Å². The van der Waals surface area contributed by atoms with Crippen molar-refractivity contribution >= 4 is 17.2 Å². The Labute approximate surface area is 116 Å². The summed E-state index contributed by atoms with van der Waals surface area (Å²) in [7, 11) is 0. The lowest BCUT2D eigenvalue weighted by atomic mass is 10.1. The van der Waals surface area contributed by atoms with Crippen LogP contribution in [0.2, 0.25) is 0 Å². The Bertz CT molecular complexity index is 582. The number of nitrogens with zero attached hydrogens (tertiary/aromatic N) is 1. The Morgan fingerprint density at radius 3 is 2.68 bits per heavy atom. The molecular weight excluding hydrogens is 256 g/mol. The lowest BCUT2D eigenvalue weighted by Gasteiger charge is -2.11. The zero-order valence-corrected chi connectivity index (χ0v) is 11.4. The normalized spacial score (nSPS) is 11.6. The number of carbonyl (C=O) groups excluding carboxylic acids is 1. The van der Waals surface area contributed by atoms with E-state index in [0.29, 0.717) is 6.42 Å². The van der Waals surface area contributed by atoms with Gasteiger partial charge in [0.25, 0.3) is 0 Å². The molecule has 1 N–H and O–H groups in total. The average molecular weight is 270 g/mol. The topological polar surface area (TPSA) is 52.9 Å². The summed E-state index contributed by atoms with van der Waals surface area (Å²) in [4.78, 5) is 12.9. The van der Waals surface area contributed by atoms with Crippen LogP contribution >= 0.6 is 11.3 Å². The molecule has 1 amide bonds. The molecule has 0 bridgehead atoms. The average Bonchev–Trinajstić information content (AvgIpc) is 2.90.